The number of carbonyl (C=O) groups excluding carboxylic acids is 1. The van der Waals surface area contributed by atoms with Crippen molar-refractivity contribution in [2.75, 3.05) is 19.7 Å². The molecule has 9 heteroatoms. The molecule has 138 valence electrons. The Morgan fingerprint density at radius 3 is 2.60 bits per heavy atom. The minimum absolute atomic E-state index is 0.0163. The van der Waals surface area contributed by atoms with Gasteiger partial charge in [0.25, 0.3) is 0 Å². The maximum Gasteiger partial charge on any atom is 0.410 e. The molecule has 0 aliphatic carbocycles. The quantitative estimate of drug-likeness (QED) is 0.410. The predicted molar refractivity (Wildman–Crippen MR) is 101 cm³/mol. The summed E-state index contributed by atoms with van der Waals surface area (Å²) in [6, 6.07) is 4.84. The van der Waals surface area contributed by atoms with Crippen LogP contribution in [0.2, 0.25) is 35.7 Å². The van der Waals surface area contributed by atoms with E-state index in [1.165, 1.54) is 4.90 Å². The fraction of sp³-hybridized carbons (Fsp3) is 0.562. The highest BCUT2D eigenvalue weighted by molar-refractivity contribution is 6.76. The number of nitro groups is 1. The van der Waals surface area contributed by atoms with Crippen molar-refractivity contribution in [1.29, 1.82) is 0 Å². The van der Waals surface area contributed by atoms with Crippen LogP contribution in [-0.2, 0) is 4.74 Å². The van der Waals surface area contributed by atoms with E-state index in [1.807, 2.05) is 0 Å². The summed E-state index contributed by atoms with van der Waals surface area (Å²) in [5, 5.41) is 12.3. The van der Waals surface area contributed by atoms with Crippen molar-refractivity contribution in [1.82, 2.24) is 4.90 Å². The molecule has 0 aromatic heterocycles. The molecule has 0 saturated carbocycles. The van der Waals surface area contributed by atoms with Gasteiger partial charge in [-0.2, -0.15) is 0 Å². The van der Waals surface area contributed by atoms with E-state index in [0.29, 0.717) is 22.2 Å². The summed E-state index contributed by atoms with van der Waals surface area (Å²) >= 11 is 12.1. The second-order valence-electron chi connectivity index (χ2n) is 7.46. The highest BCUT2D eigenvalue weighted by Gasteiger charge is 2.45. The molecule has 1 saturated heterocycles. The number of hydrogen-bond acceptors (Lipinski definition) is 4. The van der Waals surface area contributed by atoms with Crippen LogP contribution in [0.3, 0.4) is 0 Å². The molecule has 1 aliphatic rings. The summed E-state index contributed by atoms with van der Waals surface area (Å²) < 4.78 is 5.31. The first-order valence-corrected chi connectivity index (χ1v) is 12.5. The molecule has 6 nitrogen and oxygen atoms in total. The minimum atomic E-state index is -1.31. The van der Waals surface area contributed by atoms with Crippen LogP contribution < -0.4 is 0 Å². The first-order valence-electron chi connectivity index (χ1n) is 8.08. The van der Waals surface area contributed by atoms with Gasteiger partial charge < -0.3 is 9.64 Å². The summed E-state index contributed by atoms with van der Waals surface area (Å²) in [7, 11) is -1.31. The van der Waals surface area contributed by atoms with Crippen molar-refractivity contribution < 1.29 is 14.5 Å². The van der Waals surface area contributed by atoms with Crippen molar-refractivity contribution in [3.8, 4) is 0 Å². The number of likely N-dealkylation sites (tertiary alicyclic amines) is 1. The molecular formula is C16H22Cl2N2O4Si. The molecule has 1 aromatic rings. The van der Waals surface area contributed by atoms with Crippen molar-refractivity contribution in [2.24, 2.45) is 0 Å². The van der Waals surface area contributed by atoms with E-state index in [4.69, 9.17) is 27.9 Å². The van der Waals surface area contributed by atoms with Crippen molar-refractivity contribution in [2.45, 2.75) is 37.6 Å². The second kappa shape index (κ2) is 7.93. The molecule has 0 N–H and O–H groups in total. The summed E-state index contributed by atoms with van der Waals surface area (Å²) in [6.45, 7) is 7.15. The van der Waals surface area contributed by atoms with Gasteiger partial charge in [0.1, 0.15) is 0 Å². The maximum absolute atomic E-state index is 12.3. The molecule has 2 unspecified atom stereocenters. The van der Waals surface area contributed by atoms with E-state index in [-0.39, 0.29) is 18.0 Å². The van der Waals surface area contributed by atoms with Crippen molar-refractivity contribution in [3.63, 3.8) is 0 Å². The zero-order chi connectivity index (χ0) is 18.8. The Hall–Kier alpha value is -1.31. The number of hydrogen-bond donors (Lipinski definition) is 0. The monoisotopic (exact) mass is 404 g/mol. The average molecular weight is 405 g/mol. The summed E-state index contributed by atoms with van der Waals surface area (Å²) in [4.78, 5) is 24.7. The lowest BCUT2D eigenvalue weighted by atomic mass is 9.95. The minimum Gasteiger partial charge on any atom is -0.450 e. The second-order valence-corrected chi connectivity index (χ2v) is 13.9. The number of ether oxygens (including phenoxy) is 1. The molecule has 1 aliphatic heterocycles. The molecule has 1 amide bonds. The van der Waals surface area contributed by atoms with E-state index >= 15 is 0 Å². The van der Waals surface area contributed by atoms with Crippen LogP contribution in [0.5, 0.6) is 0 Å². The van der Waals surface area contributed by atoms with Gasteiger partial charge in [0.15, 0.2) is 0 Å². The Balaban J connectivity index is 2.09. The molecule has 0 bridgehead atoms. The number of nitrogens with zero attached hydrogens (tertiary/aromatic N) is 2. The Bertz CT molecular complexity index is 666. The zero-order valence-corrected chi connectivity index (χ0v) is 17.0. The zero-order valence-electron chi connectivity index (χ0n) is 14.5. The van der Waals surface area contributed by atoms with E-state index in [1.54, 1.807) is 18.2 Å². The first-order chi connectivity index (χ1) is 11.6. The fourth-order valence-corrected chi connectivity index (χ4v) is 4.06. The lowest BCUT2D eigenvalue weighted by Gasteiger charge is -2.19. The number of rotatable bonds is 5. The van der Waals surface area contributed by atoms with Crippen LogP contribution in [0.25, 0.3) is 0 Å². The molecule has 1 fully saturated rings. The molecule has 2 rings (SSSR count). The van der Waals surface area contributed by atoms with Gasteiger partial charge in [-0.15, -0.1) is 0 Å². The fourth-order valence-electron chi connectivity index (χ4n) is 2.79. The van der Waals surface area contributed by atoms with Gasteiger partial charge in [0.05, 0.1) is 19.1 Å². The molecule has 0 radical (unpaired) electrons. The van der Waals surface area contributed by atoms with Crippen LogP contribution in [0.4, 0.5) is 4.79 Å². The van der Waals surface area contributed by atoms with E-state index in [2.05, 4.69) is 19.6 Å². The summed E-state index contributed by atoms with van der Waals surface area (Å²) in [5.74, 6) is -0.482. The molecule has 2 atom stereocenters. The lowest BCUT2D eigenvalue weighted by molar-refractivity contribution is -0.520. The van der Waals surface area contributed by atoms with Crippen LogP contribution >= 0.6 is 23.2 Å². The molecular weight excluding hydrogens is 383 g/mol. The normalized spacial score (nSPS) is 20.6. The topological polar surface area (TPSA) is 72.7 Å². The molecule has 1 aromatic carbocycles. The number of benzene rings is 1. The third-order valence-electron chi connectivity index (χ3n) is 4.26. The number of carbonyl (C=O) groups is 1. The Kier molecular flexibility index (Phi) is 6.34. The molecule has 1 heterocycles. The maximum atomic E-state index is 12.3. The highest BCUT2D eigenvalue weighted by atomic mass is 35.5. The third kappa shape index (κ3) is 5.33. The van der Waals surface area contributed by atoms with Gasteiger partial charge in [-0.05, 0) is 23.7 Å². The van der Waals surface area contributed by atoms with Crippen LogP contribution in [-0.4, -0.2) is 49.7 Å². The first kappa shape index (κ1) is 20.0. The van der Waals surface area contributed by atoms with E-state index < -0.39 is 26.1 Å². The van der Waals surface area contributed by atoms with Crippen LogP contribution in [0.15, 0.2) is 18.2 Å². The van der Waals surface area contributed by atoms with Gasteiger partial charge in [-0.3, -0.25) is 10.1 Å². The van der Waals surface area contributed by atoms with E-state index in [0.717, 1.165) is 6.04 Å². The largest absolute Gasteiger partial charge is 0.450 e. The van der Waals surface area contributed by atoms with Gasteiger partial charge in [0, 0.05) is 29.6 Å². The standard InChI is InChI=1S/C16H22Cl2N2O4Si/c1-25(2,3)7-6-24-16(21)19-9-13(15(10-19)20(22)23)12-5-4-11(17)8-14(12)18/h4-5,8,13,15H,6-7,9-10H2,1-3H3. The van der Waals surface area contributed by atoms with Gasteiger partial charge >= 0.3 is 6.09 Å². The smallest absolute Gasteiger partial charge is 0.410 e. The van der Waals surface area contributed by atoms with Gasteiger partial charge in [0.2, 0.25) is 6.04 Å². The van der Waals surface area contributed by atoms with Crippen molar-refractivity contribution >= 4 is 37.4 Å². The Morgan fingerprint density at radius 2 is 2.04 bits per heavy atom. The summed E-state index contributed by atoms with van der Waals surface area (Å²) in [5.41, 5.74) is 0.630. The number of amides is 1. The van der Waals surface area contributed by atoms with Crippen molar-refractivity contribution in [3.05, 3.63) is 43.9 Å². The van der Waals surface area contributed by atoms with Gasteiger partial charge in [-0.25, -0.2) is 4.79 Å². The van der Waals surface area contributed by atoms with Crippen LogP contribution in [0.1, 0.15) is 11.5 Å². The highest BCUT2D eigenvalue weighted by Crippen LogP contribution is 2.35. The average Bonchev–Trinajstić information content (AvgIpc) is 2.91. The Labute approximate surface area is 158 Å². The molecule has 0 spiro atoms. The number of halogens is 2. The molecule has 25 heavy (non-hydrogen) atoms. The van der Waals surface area contributed by atoms with Crippen LogP contribution in [0, 0.1) is 10.1 Å². The third-order valence-corrected chi connectivity index (χ3v) is 6.52. The van der Waals surface area contributed by atoms with E-state index in [9.17, 15) is 14.9 Å². The van der Waals surface area contributed by atoms with Gasteiger partial charge in [-0.1, -0.05) is 48.9 Å². The summed E-state index contributed by atoms with van der Waals surface area (Å²) in [6.07, 6.45) is -0.502. The predicted octanol–water partition coefficient (Wildman–Crippen LogP) is 4.51. The lowest BCUT2D eigenvalue weighted by Crippen LogP contribution is -2.33. The SMILES string of the molecule is C[Si](C)(C)CCOC(=O)N1CC(c2ccc(Cl)cc2Cl)C([N+](=O)[O-])C1. The Morgan fingerprint density at radius 1 is 1.36 bits per heavy atom.